The first-order valence-electron chi connectivity index (χ1n) is 3.82. The van der Waals surface area contributed by atoms with Crippen molar-refractivity contribution in [3.8, 4) is 5.75 Å². The van der Waals surface area contributed by atoms with Crippen molar-refractivity contribution in [3.05, 3.63) is 29.8 Å². The van der Waals surface area contributed by atoms with Crippen LogP contribution in [0.25, 0.3) is 0 Å². The summed E-state index contributed by atoms with van der Waals surface area (Å²) in [7, 11) is 0. The van der Waals surface area contributed by atoms with Gasteiger partial charge in [0.05, 0.1) is 0 Å². The fourth-order valence-electron chi connectivity index (χ4n) is 1.32. The molecule has 1 aliphatic rings. The van der Waals surface area contributed by atoms with Gasteiger partial charge in [-0.15, -0.1) is 0 Å². The molecule has 0 heterocycles. The highest BCUT2D eigenvalue weighted by molar-refractivity contribution is 5.32. The third-order valence-corrected chi connectivity index (χ3v) is 2.16. The summed E-state index contributed by atoms with van der Waals surface area (Å²) >= 11 is 0. The van der Waals surface area contributed by atoms with E-state index < -0.39 is 0 Å². The summed E-state index contributed by atoms with van der Waals surface area (Å²) in [6.45, 7) is 0. The molecule has 3 N–H and O–H groups in total. The molecule has 2 nitrogen and oxygen atoms in total. The third-order valence-electron chi connectivity index (χ3n) is 2.16. The van der Waals surface area contributed by atoms with E-state index in [2.05, 4.69) is 0 Å². The molecule has 1 saturated carbocycles. The van der Waals surface area contributed by atoms with Gasteiger partial charge < -0.3 is 10.8 Å². The number of nitrogens with two attached hydrogens (primary N) is 1. The van der Waals surface area contributed by atoms with Crippen molar-refractivity contribution in [2.75, 3.05) is 0 Å². The van der Waals surface area contributed by atoms with E-state index in [1.54, 1.807) is 12.1 Å². The van der Waals surface area contributed by atoms with Crippen LogP contribution in [0.4, 0.5) is 0 Å². The van der Waals surface area contributed by atoms with Gasteiger partial charge in [0.2, 0.25) is 0 Å². The molecule has 1 aromatic carbocycles. The maximum atomic E-state index is 8.99. The lowest BCUT2D eigenvalue weighted by atomic mass is 10.1. The van der Waals surface area contributed by atoms with Crippen LogP contribution in [0.2, 0.25) is 0 Å². The second kappa shape index (κ2) is 2.24. The van der Waals surface area contributed by atoms with Crippen molar-refractivity contribution in [1.82, 2.24) is 0 Å². The molecule has 1 aromatic rings. The molecule has 0 saturated heterocycles. The van der Waals surface area contributed by atoms with E-state index >= 15 is 0 Å². The van der Waals surface area contributed by atoms with Crippen LogP contribution in [0.3, 0.4) is 0 Å². The van der Waals surface area contributed by atoms with Crippen LogP contribution >= 0.6 is 0 Å². The fourth-order valence-corrected chi connectivity index (χ4v) is 1.32. The Balaban J connectivity index is 2.21. The summed E-state index contributed by atoms with van der Waals surface area (Å²) in [5.41, 5.74) is 6.92. The number of benzene rings is 1. The van der Waals surface area contributed by atoms with Crippen LogP contribution in [0.15, 0.2) is 24.3 Å². The lowest BCUT2D eigenvalue weighted by Crippen LogP contribution is -2.00. The molecule has 1 unspecified atom stereocenters. The van der Waals surface area contributed by atoms with E-state index in [1.807, 2.05) is 12.1 Å². The third kappa shape index (κ3) is 1.21. The Bertz CT molecular complexity index is 255. The molecule has 0 aromatic heterocycles. The van der Waals surface area contributed by atoms with Gasteiger partial charge in [0.1, 0.15) is 5.75 Å². The molecule has 0 radical (unpaired) electrons. The Hall–Kier alpha value is -1.02. The summed E-state index contributed by atoms with van der Waals surface area (Å²) in [6.07, 6.45) is 1.09. The minimum atomic E-state index is 0.322. The second-order valence-corrected chi connectivity index (χ2v) is 3.10. The van der Waals surface area contributed by atoms with Crippen LogP contribution in [0.5, 0.6) is 5.75 Å². The lowest BCUT2D eigenvalue weighted by Gasteiger charge is -1.97. The van der Waals surface area contributed by atoms with Gasteiger partial charge in [-0.05, 0) is 24.1 Å². The predicted molar refractivity (Wildman–Crippen MR) is 43.4 cm³/mol. The summed E-state index contributed by atoms with van der Waals surface area (Å²) in [4.78, 5) is 0. The molecule has 1 aliphatic carbocycles. The van der Waals surface area contributed by atoms with E-state index in [4.69, 9.17) is 10.8 Å². The van der Waals surface area contributed by atoms with Gasteiger partial charge in [-0.2, -0.15) is 0 Å². The highest BCUT2D eigenvalue weighted by atomic mass is 16.3. The first kappa shape index (κ1) is 6.68. The molecule has 0 spiro atoms. The van der Waals surface area contributed by atoms with E-state index in [0.29, 0.717) is 17.7 Å². The van der Waals surface area contributed by atoms with E-state index in [-0.39, 0.29) is 0 Å². The van der Waals surface area contributed by atoms with Crippen LogP contribution in [0, 0.1) is 0 Å². The Labute approximate surface area is 65.7 Å². The average molecular weight is 149 g/mol. The smallest absolute Gasteiger partial charge is 0.115 e. The standard InChI is InChI=1S/C9H11NO/c10-9-5-8(9)6-1-3-7(11)4-2-6/h1-4,8-9,11H,5,10H2/t8?,9-/m1/s1. The van der Waals surface area contributed by atoms with Crippen LogP contribution in [-0.2, 0) is 0 Å². The maximum Gasteiger partial charge on any atom is 0.115 e. The zero-order valence-corrected chi connectivity index (χ0v) is 6.20. The van der Waals surface area contributed by atoms with Crippen molar-refractivity contribution in [2.24, 2.45) is 5.73 Å². The lowest BCUT2D eigenvalue weighted by molar-refractivity contribution is 0.475. The zero-order valence-electron chi connectivity index (χ0n) is 6.20. The van der Waals surface area contributed by atoms with Gasteiger partial charge in [-0.25, -0.2) is 0 Å². The summed E-state index contributed by atoms with van der Waals surface area (Å²) < 4.78 is 0. The van der Waals surface area contributed by atoms with Crippen LogP contribution in [0.1, 0.15) is 17.9 Å². The molecule has 58 valence electrons. The predicted octanol–water partition coefficient (Wildman–Crippen LogP) is 1.21. The van der Waals surface area contributed by atoms with Gasteiger partial charge in [0, 0.05) is 12.0 Å². The SMILES string of the molecule is N[C@@H]1CC1c1ccc(O)cc1. The minimum absolute atomic E-state index is 0.322. The van der Waals surface area contributed by atoms with Crippen molar-refractivity contribution in [1.29, 1.82) is 0 Å². The molecular weight excluding hydrogens is 138 g/mol. The van der Waals surface area contributed by atoms with Gasteiger partial charge in [-0.1, -0.05) is 12.1 Å². The Kier molecular flexibility index (Phi) is 1.36. The first-order chi connectivity index (χ1) is 5.27. The van der Waals surface area contributed by atoms with Gasteiger partial charge >= 0.3 is 0 Å². The number of phenolic OH excluding ortho intramolecular Hbond substituents is 1. The highest BCUT2D eigenvalue weighted by Gasteiger charge is 2.34. The number of aromatic hydroxyl groups is 1. The van der Waals surface area contributed by atoms with Crippen molar-refractivity contribution < 1.29 is 5.11 Å². The fraction of sp³-hybridized carbons (Fsp3) is 0.333. The molecule has 1 fully saturated rings. The van der Waals surface area contributed by atoms with Gasteiger partial charge in [-0.3, -0.25) is 0 Å². The largest absolute Gasteiger partial charge is 0.508 e. The number of phenols is 1. The molecule has 2 rings (SSSR count). The van der Waals surface area contributed by atoms with Gasteiger partial charge in [0.25, 0.3) is 0 Å². The highest BCUT2D eigenvalue weighted by Crippen LogP contribution is 2.39. The maximum absolute atomic E-state index is 8.99. The molecule has 0 bridgehead atoms. The summed E-state index contributed by atoms with van der Waals surface area (Å²) in [6, 6.07) is 7.64. The van der Waals surface area contributed by atoms with E-state index in [0.717, 1.165) is 6.42 Å². The van der Waals surface area contributed by atoms with Crippen molar-refractivity contribution in [2.45, 2.75) is 18.4 Å². The molecule has 0 aliphatic heterocycles. The number of rotatable bonds is 1. The minimum Gasteiger partial charge on any atom is -0.508 e. The van der Waals surface area contributed by atoms with Crippen molar-refractivity contribution >= 4 is 0 Å². The quantitative estimate of drug-likeness (QED) is 0.630. The second-order valence-electron chi connectivity index (χ2n) is 3.10. The molecule has 2 heteroatoms. The van der Waals surface area contributed by atoms with Crippen LogP contribution < -0.4 is 5.73 Å². The Morgan fingerprint density at radius 2 is 1.82 bits per heavy atom. The first-order valence-corrected chi connectivity index (χ1v) is 3.82. The number of hydrogen-bond donors (Lipinski definition) is 2. The molecular formula is C9H11NO. The summed E-state index contributed by atoms with van der Waals surface area (Å²) in [5.74, 6) is 0.860. The average Bonchev–Trinajstić information content (AvgIpc) is 2.69. The van der Waals surface area contributed by atoms with Crippen molar-refractivity contribution in [3.63, 3.8) is 0 Å². The monoisotopic (exact) mass is 149 g/mol. The molecule has 11 heavy (non-hydrogen) atoms. The molecule has 0 amide bonds. The van der Waals surface area contributed by atoms with E-state index in [1.165, 1.54) is 5.56 Å². The normalized spacial score (nSPS) is 28.5. The summed E-state index contributed by atoms with van der Waals surface area (Å²) in [5, 5.41) is 8.99. The van der Waals surface area contributed by atoms with E-state index in [9.17, 15) is 0 Å². The van der Waals surface area contributed by atoms with Gasteiger partial charge in [0.15, 0.2) is 0 Å². The Morgan fingerprint density at radius 3 is 2.27 bits per heavy atom. The Morgan fingerprint density at radius 1 is 1.27 bits per heavy atom. The topological polar surface area (TPSA) is 46.2 Å². The van der Waals surface area contributed by atoms with Crippen LogP contribution in [-0.4, -0.2) is 11.1 Å². The zero-order chi connectivity index (χ0) is 7.84. The number of hydrogen-bond acceptors (Lipinski definition) is 2. The molecule has 2 atom stereocenters.